The summed E-state index contributed by atoms with van der Waals surface area (Å²) in [4.78, 5) is 2.38. The molecule has 1 aromatic carbocycles. The number of hydrogen-bond acceptors (Lipinski definition) is 3. The predicted molar refractivity (Wildman–Crippen MR) is 89.8 cm³/mol. The van der Waals surface area contributed by atoms with Gasteiger partial charge in [0.2, 0.25) is 0 Å². The zero-order chi connectivity index (χ0) is 14.0. The summed E-state index contributed by atoms with van der Waals surface area (Å²) in [7, 11) is 2.20. The molecule has 0 unspecified atom stereocenters. The number of aryl methyl sites for hydroxylation is 1. The Morgan fingerprint density at radius 3 is 2.85 bits per heavy atom. The van der Waals surface area contributed by atoms with Crippen LogP contribution in [0.1, 0.15) is 36.8 Å². The average Bonchev–Trinajstić information content (AvgIpc) is 2.42. The first-order valence-corrected chi connectivity index (χ1v) is 9.04. The van der Waals surface area contributed by atoms with Crippen LogP contribution < -0.4 is 10.2 Å². The quantitative estimate of drug-likeness (QED) is 0.894. The zero-order valence-corrected chi connectivity index (χ0v) is 13.6. The predicted octanol–water partition coefficient (Wildman–Crippen LogP) is 3.44. The molecule has 2 nitrogen and oxygen atoms in total. The molecule has 20 heavy (non-hydrogen) atoms. The van der Waals surface area contributed by atoms with E-state index in [0.29, 0.717) is 4.75 Å². The van der Waals surface area contributed by atoms with Crippen LogP contribution in [0.3, 0.4) is 0 Å². The Kier molecular flexibility index (Phi) is 4.27. The van der Waals surface area contributed by atoms with Crippen molar-refractivity contribution in [2.45, 2.75) is 43.4 Å². The smallest absolute Gasteiger partial charge is 0.0396 e. The van der Waals surface area contributed by atoms with Gasteiger partial charge in [0.15, 0.2) is 0 Å². The molecule has 3 heteroatoms. The van der Waals surface area contributed by atoms with Gasteiger partial charge in [0.05, 0.1) is 0 Å². The molecule has 1 saturated carbocycles. The van der Waals surface area contributed by atoms with Crippen molar-refractivity contribution in [3.63, 3.8) is 0 Å². The fraction of sp³-hybridized carbons (Fsp3) is 0.647. The summed E-state index contributed by atoms with van der Waals surface area (Å²) in [6, 6.07) is 7.00. The first kappa shape index (κ1) is 14.3. The van der Waals surface area contributed by atoms with Crippen molar-refractivity contribution in [3.8, 4) is 0 Å². The molecule has 1 fully saturated rings. The average molecular weight is 290 g/mol. The van der Waals surface area contributed by atoms with E-state index in [1.807, 2.05) is 11.8 Å². The van der Waals surface area contributed by atoms with E-state index in [-0.39, 0.29) is 0 Å². The van der Waals surface area contributed by atoms with E-state index in [0.717, 1.165) is 13.1 Å². The summed E-state index contributed by atoms with van der Waals surface area (Å²) >= 11 is 2.05. The number of rotatable bonds is 5. The van der Waals surface area contributed by atoms with Crippen LogP contribution in [0.5, 0.6) is 0 Å². The maximum atomic E-state index is 3.68. The summed E-state index contributed by atoms with van der Waals surface area (Å²) in [5.41, 5.74) is 4.40. The molecular formula is C17H26N2S. The largest absolute Gasteiger partial charge is 0.374 e. The molecule has 1 heterocycles. The van der Waals surface area contributed by atoms with Gasteiger partial charge < -0.3 is 10.2 Å². The Labute approximate surface area is 127 Å². The van der Waals surface area contributed by atoms with Gasteiger partial charge in [0.1, 0.15) is 0 Å². The van der Waals surface area contributed by atoms with Gasteiger partial charge in [-0.15, -0.1) is 0 Å². The second-order valence-electron chi connectivity index (χ2n) is 6.33. The van der Waals surface area contributed by atoms with Crippen LogP contribution in [-0.2, 0) is 13.0 Å². The van der Waals surface area contributed by atoms with Crippen molar-refractivity contribution in [1.82, 2.24) is 5.32 Å². The topological polar surface area (TPSA) is 15.3 Å². The standard InChI is InChI=1S/C17H26N2S/c1-19-10-3-5-15-11-14(6-7-16(15)19)12-18-13-17(20-2)8-4-9-17/h6-7,11,18H,3-5,8-10,12-13H2,1-2H3. The van der Waals surface area contributed by atoms with Gasteiger partial charge in [-0.2, -0.15) is 11.8 Å². The van der Waals surface area contributed by atoms with Crippen LogP contribution in [0.4, 0.5) is 5.69 Å². The van der Waals surface area contributed by atoms with Gasteiger partial charge in [0, 0.05) is 37.1 Å². The van der Waals surface area contributed by atoms with Crippen molar-refractivity contribution < 1.29 is 0 Å². The van der Waals surface area contributed by atoms with E-state index in [4.69, 9.17) is 0 Å². The molecule has 0 atom stereocenters. The molecule has 1 aromatic rings. The van der Waals surface area contributed by atoms with Crippen molar-refractivity contribution in [1.29, 1.82) is 0 Å². The lowest BCUT2D eigenvalue weighted by Gasteiger charge is -2.40. The lowest BCUT2D eigenvalue weighted by atomic mass is 9.84. The number of fused-ring (bicyclic) bond motifs is 1. The Bertz CT molecular complexity index is 463. The number of anilines is 1. The zero-order valence-electron chi connectivity index (χ0n) is 12.7. The third kappa shape index (κ3) is 2.84. The molecule has 0 bridgehead atoms. The number of nitrogens with zero attached hydrogens (tertiary/aromatic N) is 1. The fourth-order valence-corrected chi connectivity index (χ4v) is 4.35. The van der Waals surface area contributed by atoms with E-state index in [2.05, 4.69) is 41.7 Å². The Balaban J connectivity index is 1.58. The minimum absolute atomic E-state index is 0.536. The lowest BCUT2D eigenvalue weighted by Crippen LogP contribution is -2.43. The minimum Gasteiger partial charge on any atom is -0.374 e. The van der Waals surface area contributed by atoms with Crippen molar-refractivity contribution in [3.05, 3.63) is 29.3 Å². The molecule has 2 aliphatic rings. The molecule has 1 aliphatic heterocycles. The van der Waals surface area contributed by atoms with Crippen molar-refractivity contribution in [2.24, 2.45) is 0 Å². The van der Waals surface area contributed by atoms with Gasteiger partial charge in [0.25, 0.3) is 0 Å². The first-order chi connectivity index (χ1) is 9.72. The van der Waals surface area contributed by atoms with E-state index in [1.54, 1.807) is 0 Å². The van der Waals surface area contributed by atoms with E-state index in [9.17, 15) is 0 Å². The van der Waals surface area contributed by atoms with Gasteiger partial charge in [-0.1, -0.05) is 18.6 Å². The van der Waals surface area contributed by atoms with Crippen LogP contribution in [-0.4, -0.2) is 31.1 Å². The highest BCUT2D eigenvalue weighted by atomic mass is 32.2. The maximum absolute atomic E-state index is 3.68. The summed E-state index contributed by atoms with van der Waals surface area (Å²) < 4.78 is 0.536. The maximum Gasteiger partial charge on any atom is 0.0396 e. The fourth-order valence-electron chi connectivity index (χ4n) is 3.41. The third-order valence-electron chi connectivity index (χ3n) is 4.97. The molecule has 110 valence electrons. The monoisotopic (exact) mass is 290 g/mol. The van der Waals surface area contributed by atoms with Crippen molar-refractivity contribution in [2.75, 3.05) is 31.3 Å². The number of benzene rings is 1. The van der Waals surface area contributed by atoms with E-state index in [1.165, 1.54) is 55.5 Å². The summed E-state index contributed by atoms with van der Waals surface area (Å²) in [6.07, 6.45) is 8.97. The van der Waals surface area contributed by atoms with Crippen LogP contribution >= 0.6 is 11.8 Å². The molecule has 0 amide bonds. The normalized spacial score (nSPS) is 20.4. The number of hydrogen-bond donors (Lipinski definition) is 1. The highest BCUT2D eigenvalue weighted by Crippen LogP contribution is 2.42. The lowest BCUT2D eigenvalue weighted by molar-refractivity contribution is 0.345. The van der Waals surface area contributed by atoms with Gasteiger partial charge >= 0.3 is 0 Å². The van der Waals surface area contributed by atoms with Crippen molar-refractivity contribution >= 4 is 17.4 Å². The van der Waals surface area contributed by atoms with Crippen LogP contribution in [0, 0.1) is 0 Å². The third-order valence-corrected chi connectivity index (χ3v) is 6.39. The molecule has 3 rings (SSSR count). The Morgan fingerprint density at radius 1 is 1.30 bits per heavy atom. The molecular weight excluding hydrogens is 264 g/mol. The summed E-state index contributed by atoms with van der Waals surface area (Å²) in [6.45, 7) is 3.37. The molecule has 1 aliphatic carbocycles. The number of nitrogens with one attached hydrogen (secondary N) is 1. The number of thioether (sulfide) groups is 1. The summed E-state index contributed by atoms with van der Waals surface area (Å²) in [5, 5.41) is 3.68. The Morgan fingerprint density at radius 2 is 2.15 bits per heavy atom. The van der Waals surface area contributed by atoms with E-state index >= 15 is 0 Å². The highest BCUT2D eigenvalue weighted by Gasteiger charge is 2.35. The minimum atomic E-state index is 0.536. The first-order valence-electron chi connectivity index (χ1n) is 7.81. The molecule has 1 N–H and O–H groups in total. The SMILES string of the molecule is CSC1(CNCc2ccc3c(c2)CCCN3C)CCC1. The van der Waals surface area contributed by atoms with Gasteiger partial charge in [-0.3, -0.25) is 0 Å². The summed E-state index contributed by atoms with van der Waals surface area (Å²) in [5.74, 6) is 0. The molecule has 0 radical (unpaired) electrons. The van der Waals surface area contributed by atoms with Crippen LogP contribution in [0.15, 0.2) is 18.2 Å². The molecule has 0 aromatic heterocycles. The second kappa shape index (κ2) is 5.98. The van der Waals surface area contributed by atoms with E-state index < -0.39 is 0 Å². The van der Waals surface area contributed by atoms with Crippen LogP contribution in [0.2, 0.25) is 0 Å². The van der Waals surface area contributed by atoms with Crippen LogP contribution in [0.25, 0.3) is 0 Å². The highest BCUT2D eigenvalue weighted by molar-refractivity contribution is 8.00. The van der Waals surface area contributed by atoms with Gasteiger partial charge in [-0.05, 0) is 49.1 Å². The molecule has 0 saturated heterocycles. The Hall–Kier alpha value is -0.670. The molecule has 0 spiro atoms. The van der Waals surface area contributed by atoms with Gasteiger partial charge in [-0.25, -0.2) is 0 Å². The second-order valence-corrected chi connectivity index (χ2v) is 7.61.